The zero-order valence-electron chi connectivity index (χ0n) is 20.8. The number of likely N-dealkylation sites (N-methyl/N-ethyl adjacent to an activating group) is 2. The fourth-order valence-corrected chi connectivity index (χ4v) is 5.28. The summed E-state index contributed by atoms with van der Waals surface area (Å²) in [5.74, 6) is -1.06. The summed E-state index contributed by atoms with van der Waals surface area (Å²) < 4.78 is 37.3. The lowest BCUT2D eigenvalue weighted by Crippen LogP contribution is -2.41. The minimum atomic E-state index is -3.70. The lowest BCUT2D eigenvalue weighted by atomic mass is 10.0. The van der Waals surface area contributed by atoms with Gasteiger partial charge in [-0.3, -0.25) is 14.5 Å². The molecule has 1 heterocycles. The van der Waals surface area contributed by atoms with E-state index >= 15 is 0 Å². The van der Waals surface area contributed by atoms with Gasteiger partial charge in [-0.1, -0.05) is 11.6 Å². The summed E-state index contributed by atoms with van der Waals surface area (Å²) in [4.78, 5) is 39.4. The van der Waals surface area contributed by atoms with Gasteiger partial charge < -0.3 is 14.4 Å². The first-order chi connectivity index (χ1) is 16.3. The summed E-state index contributed by atoms with van der Waals surface area (Å²) in [5, 5.41) is 0.572. The lowest BCUT2D eigenvalue weighted by molar-refractivity contribution is -0.141. The van der Waals surface area contributed by atoms with E-state index in [1.807, 2.05) is 0 Å². The number of hydrogen-bond acceptors (Lipinski definition) is 7. The van der Waals surface area contributed by atoms with Gasteiger partial charge in [0.1, 0.15) is 17.9 Å². The third-order valence-corrected chi connectivity index (χ3v) is 8.49. The lowest BCUT2D eigenvalue weighted by Gasteiger charge is -2.22. The molecule has 1 aromatic carbocycles. The molecule has 3 amide bonds. The van der Waals surface area contributed by atoms with Crippen LogP contribution in [0.1, 0.15) is 33.1 Å². The first-order valence-electron chi connectivity index (χ1n) is 11.3. The highest BCUT2D eigenvalue weighted by molar-refractivity contribution is 7.89. The third kappa shape index (κ3) is 7.55. The number of amides is 3. The molecule has 0 saturated carbocycles. The second kappa shape index (κ2) is 12.0. The minimum Gasteiger partial charge on any atom is -0.492 e. The van der Waals surface area contributed by atoms with E-state index in [0.717, 1.165) is 0 Å². The number of methoxy groups -OCH3 is 1. The number of carbonyl (C=O) groups excluding carboxylic acids is 3. The van der Waals surface area contributed by atoms with Crippen molar-refractivity contribution in [3.8, 4) is 5.75 Å². The number of esters is 1. The average molecular weight is 532 g/mol. The number of urea groups is 1. The molecule has 1 aromatic rings. The predicted octanol–water partition coefficient (Wildman–Crippen LogP) is 2.61. The molecule has 0 N–H and O–H groups in total. The van der Waals surface area contributed by atoms with Gasteiger partial charge in [-0.15, -0.1) is 0 Å². The number of carbonyl (C=O) groups is 3. The number of benzene rings is 1. The highest BCUT2D eigenvalue weighted by Crippen LogP contribution is 2.27. The number of nitrogens with zero attached hydrogens (tertiary/aromatic N) is 3. The van der Waals surface area contributed by atoms with Gasteiger partial charge in [0.05, 0.1) is 12.9 Å². The van der Waals surface area contributed by atoms with Gasteiger partial charge in [0.2, 0.25) is 10.0 Å². The van der Waals surface area contributed by atoms with E-state index in [0.29, 0.717) is 23.6 Å². The molecule has 0 aromatic heterocycles. The second-order valence-corrected chi connectivity index (χ2v) is 11.6. The Bertz CT molecular complexity index is 1010. The SMILES string of the molecule is COC(=O)CC(CCCN1C(=O)N(C)C(C)(C)C1=O)CS(=O)(=O)N(C)CCOc1ccc(Cl)cc1. The molecule has 196 valence electrons. The van der Waals surface area contributed by atoms with Crippen LogP contribution >= 0.6 is 11.6 Å². The number of hydrogen-bond donors (Lipinski definition) is 0. The van der Waals surface area contributed by atoms with Crippen molar-refractivity contribution in [3.63, 3.8) is 0 Å². The maximum Gasteiger partial charge on any atom is 0.327 e. The number of sulfonamides is 1. The van der Waals surface area contributed by atoms with Gasteiger partial charge in [0.25, 0.3) is 5.91 Å². The van der Waals surface area contributed by atoms with Crippen LogP contribution in [0.5, 0.6) is 5.75 Å². The van der Waals surface area contributed by atoms with Gasteiger partial charge in [0, 0.05) is 38.6 Å². The van der Waals surface area contributed by atoms with Crippen LogP contribution in [0.3, 0.4) is 0 Å². The fourth-order valence-electron chi connectivity index (χ4n) is 3.67. The Morgan fingerprint density at radius 3 is 2.37 bits per heavy atom. The smallest absolute Gasteiger partial charge is 0.327 e. The van der Waals surface area contributed by atoms with Crippen LogP contribution in [-0.4, -0.2) is 92.6 Å². The second-order valence-electron chi connectivity index (χ2n) is 9.05. The van der Waals surface area contributed by atoms with Crippen LogP contribution in [0, 0.1) is 5.92 Å². The van der Waals surface area contributed by atoms with Crippen molar-refractivity contribution in [1.82, 2.24) is 14.1 Å². The Morgan fingerprint density at radius 1 is 1.20 bits per heavy atom. The van der Waals surface area contributed by atoms with Crippen LogP contribution in [0.25, 0.3) is 0 Å². The van der Waals surface area contributed by atoms with Crippen molar-refractivity contribution in [1.29, 1.82) is 0 Å². The van der Waals surface area contributed by atoms with Gasteiger partial charge in [-0.2, -0.15) is 0 Å². The van der Waals surface area contributed by atoms with Gasteiger partial charge >= 0.3 is 12.0 Å². The molecule has 0 radical (unpaired) electrons. The number of ether oxygens (including phenoxy) is 2. The molecule has 0 aliphatic carbocycles. The summed E-state index contributed by atoms with van der Waals surface area (Å²) in [5.41, 5.74) is -0.928. The summed E-state index contributed by atoms with van der Waals surface area (Å²) in [6.45, 7) is 3.75. The predicted molar refractivity (Wildman–Crippen MR) is 132 cm³/mol. The van der Waals surface area contributed by atoms with E-state index in [2.05, 4.69) is 0 Å². The molecule has 1 aliphatic rings. The van der Waals surface area contributed by atoms with E-state index in [1.54, 1.807) is 45.2 Å². The molecule has 0 spiro atoms. The molecule has 12 heteroatoms. The minimum absolute atomic E-state index is 0.0852. The van der Waals surface area contributed by atoms with Crippen LogP contribution in [0.15, 0.2) is 24.3 Å². The maximum atomic E-state index is 12.9. The Kier molecular flexibility index (Phi) is 9.94. The zero-order chi connectivity index (χ0) is 26.4. The van der Waals surface area contributed by atoms with Gasteiger partial charge in [0.15, 0.2) is 0 Å². The highest BCUT2D eigenvalue weighted by Gasteiger charge is 2.48. The molecule has 10 nitrogen and oxygen atoms in total. The normalized spacial score (nSPS) is 16.7. The van der Waals surface area contributed by atoms with E-state index in [-0.39, 0.29) is 37.8 Å². The summed E-state index contributed by atoms with van der Waals surface area (Å²) in [7, 11) is 0.562. The quantitative estimate of drug-likeness (QED) is 0.284. The van der Waals surface area contributed by atoms with Crippen molar-refractivity contribution in [3.05, 3.63) is 29.3 Å². The Labute approximate surface area is 212 Å². The summed E-state index contributed by atoms with van der Waals surface area (Å²) in [6, 6.07) is 6.35. The summed E-state index contributed by atoms with van der Waals surface area (Å²) >= 11 is 5.84. The van der Waals surface area contributed by atoms with Gasteiger partial charge in [-0.05, 0) is 56.9 Å². The first-order valence-corrected chi connectivity index (χ1v) is 13.3. The Balaban J connectivity index is 1.94. The van der Waals surface area contributed by atoms with Crippen molar-refractivity contribution in [2.24, 2.45) is 5.92 Å². The topological polar surface area (TPSA) is 114 Å². The largest absolute Gasteiger partial charge is 0.492 e. The molecule has 1 atom stereocenters. The maximum absolute atomic E-state index is 12.9. The molecule has 0 bridgehead atoms. The molecule has 1 fully saturated rings. The van der Waals surface area contributed by atoms with Crippen molar-refractivity contribution >= 4 is 39.5 Å². The van der Waals surface area contributed by atoms with E-state index in [4.69, 9.17) is 21.1 Å². The summed E-state index contributed by atoms with van der Waals surface area (Å²) in [6.07, 6.45) is 0.602. The monoisotopic (exact) mass is 531 g/mol. The van der Waals surface area contributed by atoms with Crippen molar-refractivity contribution < 1.29 is 32.3 Å². The molecule has 1 aliphatic heterocycles. The number of halogens is 1. The van der Waals surface area contributed by atoms with Gasteiger partial charge in [-0.25, -0.2) is 17.5 Å². The highest BCUT2D eigenvalue weighted by atomic mass is 35.5. The average Bonchev–Trinajstić information content (AvgIpc) is 2.94. The van der Waals surface area contributed by atoms with Crippen LogP contribution in [0.4, 0.5) is 4.79 Å². The first kappa shape index (κ1) is 28.9. The molecule has 35 heavy (non-hydrogen) atoms. The van der Waals surface area contributed by atoms with E-state index in [9.17, 15) is 22.8 Å². The molecule has 1 saturated heterocycles. The van der Waals surface area contributed by atoms with E-state index in [1.165, 1.54) is 28.3 Å². The standard InChI is InChI=1S/C23H34ClN3O7S/c1-23(2)21(29)27(22(30)26(23)4)12-6-7-17(15-20(28)33-5)16-35(31,32)25(3)13-14-34-19-10-8-18(24)9-11-19/h8-11,17H,6-7,12-16H2,1-5H3. The Hall–Kier alpha value is -2.37. The number of imide groups is 1. The zero-order valence-corrected chi connectivity index (χ0v) is 22.4. The van der Waals surface area contributed by atoms with Crippen LogP contribution in [0.2, 0.25) is 5.02 Å². The molecule has 1 unspecified atom stereocenters. The van der Waals surface area contributed by atoms with Crippen molar-refractivity contribution in [2.45, 2.75) is 38.6 Å². The molecule has 2 rings (SSSR count). The third-order valence-electron chi connectivity index (χ3n) is 6.21. The van der Waals surface area contributed by atoms with E-state index < -0.39 is 33.5 Å². The Morgan fingerprint density at radius 2 is 1.83 bits per heavy atom. The fraction of sp³-hybridized carbons (Fsp3) is 0.609. The van der Waals surface area contributed by atoms with Crippen LogP contribution < -0.4 is 4.74 Å². The molecular formula is C23H34ClN3O7S. The van der Waals surface area contributed by atoms with Crippen LogP contribution in [-0.2, 0) is 24.3 Å². The molecular weight excluding hydrogens is 498 g/mol. The number of rotatable bonds is 13. The van der Waals surface area contributed by atoms with Crippen molar-refractivity contribution in [2.75, 3.05) is 46.7 Å².